The highest BCUT2D eigenvalue weighted by atomic mass is 16.1. The van der Waals surface area contributed by atoms with Gasteiger partial charge in [0.05, 0.1) is 0 Å². The fourth-order valence-electron chi connectivity index (χ4n) is 4.04. The van der Waals surface area contributed by atoms with Crippen molar-refractivity contribution in [2.45, 2.75) is 40.0 Å². The normalized spacial score (nSPS) is 10.7. The van der Waals surface area contributed by atoms with Gasteiger partial charge in [-0.1, -0.05) is 133 Å². The van der Waals surface area contributed by atoms with E-state index in [0.717, 1.165) is 31.8 Å². The van der Waals surface area contributed by atoms with E-state index in [1.165, 1.54) is 22.3 Å². The van der Waals surface area contributed by atoms with Gasteiger partial charge in [-0.25, -0.2) is 0 Å². The Morgan fingerprint density at radius 1 is 0.525 bits per heavy atom. The van der Waals surface area contributed by atoms with Gasteiger partial charge in [0.2, 0.25) is 0 Å². The molecule has 0 aromatic heterocycles. The molecule has 40 heavy (non-hydrogen) atoms. The summed E-state index contributed by atoms with van der Waals surface area (Å²) in [5.41, 5.74) is 6.16. The lowest BCUT2D eigenvalue weighted by Gasteiger charge is -2.21. The van der Waals surface area contributed by atoms with Crippen molar-refractivity contribution in [3.8, 4) is 0 Å². The molecule has 3 heteroatoms. The van der Waals surface area contributed by atoms with Crippen molar-refractivity contribution in [3.63, 3.8) is 0 Å². The van der Waals surface area contributed by atoms with E-state index in [0.29, 0.717) is 0 Å². The van der Waals surface area contributed by atoms with Crippen LogP contribution in [0.15, 0.2) is 158 Å². The molecular weight excluding hydrogens is 488 g/mol. The number of hydrogen-bond acceptors (Lipinski definition) is 3. The number of benzene rings is 4. The maximum Gasteiger partial charge on any atom is 0.154 e. The summed E-state index contributed by atoms with van der Waals surface area (Å²) in [5.74, 6) is 0.0659. The van der Waals surface area contributed by atoms with Gasteiger partial charge < -0.3 is 9.80 Å². The van der Waals surface area contributed by atoms with Gasteiger partial charge >= 0.3 is 0 Å². The van der Waals surface area contributed by atoms with Gasteiger partial charge in [-0.3, -0.25) is 4.79 Å². The second-order valence-electron chi connectivity index (χ2n) is 9.84. The predicted molar refractivity (Wildman–Crippen MR) is 168 cm³/mol. The van der Waals surface area contributed by atoms with Crippen molar-refractivity contribution in [2.24, 2.45) is 0 Å². The highest BCUT2D eigenvalue weighted by Crippen LogP contribution is 2.12. The quantitative estimate of drug-likeness (QED) is 0.136. The number of carbonyl (C=O) groups is 1. The summed E-state index contributed by atoms with van der Waals surface area (Å²) in [4.78, 5) is 15.6. The fraction of sp³-hybridized carbons (Fsp3) is 0.162. The Balaban J connectivity index is 0.000000220. The van der Waals surface area contributed by atoms with Crippen LogP contribution >= 0.6 is 0 Å². The second-order valence-corrected chi connectivity index (χ2v) is 9.84. The first kappa shape index (κ1) is 29.9. The van der Waals surface area contributed by atoms with E-state index in [9.17, 15) is 4.79 Å². The zero-order valence-electron chi connectivity index (χ0n) is 23.7. The second kappa shape index (κ2) is 17.1. The summed E-state index contributed by atoms with van der Waals surface area (Å²) in [5, 5.41) is 0. The number of hydrogen-bond donors (Lipinski definition) is 0. The Kier molecular flexibility index (Phi) is 12.8. The number of nitrogens with zero attached hydrogens (tertiary/aromatic N) is 2. The molecule has 0 amide bonds. The van der Waals surface area contributed by atoms with Crippen molar-refractivity contribution in [1.82, 2.24) is 9.80 Å². The molecule has 0 saturated heterocycles. The Morgan fingerprint density at radius 2 is 0.800 bits per heavy atom. The third kappa shape index (κ3) is 12.3. The molecule has 4 rings (SSSR count). The minimum atomic E-state index is 0.0659. The minimum Gasteiger partial charge on any atom is -0.369 e. The van der Waals surface area contributed by atoms with E-state index >= 15 is 0 Å². The van der Waals surface area contributed by atoms with Crippen LogP contribution in [0, 0.1) is 0 Å². The fourth-order valence-corrected chi connectivity index (χ4v) is 4.04. The van der Waals surface area contributed by atoms with Crippen LogP contribution in [0.2, 0.25) is 0 Å². The van der Waals surface area contributed by atoms with Gasteiger partial charge in [0.1, 0.15) is 0 Å². The highest BCUT2D eigenvalue weighted by molar-refractivity contribution is 5.87. The molecule has 0 aliphatic heterocycles. The third-order valence-corrected chi connectivity index (χ3v) is 6.00. The first-order valence-corrected chi connectivity index (χ1v) is 13.6. The van der Waals surface area contributed by atoms with Crippen LogP contribution < -0.4 is 0 Å². The van der Waals surface area contributed by atoms with Gasteiger partial charge in [0.25, 0.3) is 0 Å². The largest absolute Gasteiger partial charge is 0.369 e. The minimum absolute atomic E-state index is 0.0659. The van der Waals surface area contributed by atoms with Crippen LogP contribution in [-0.4, -0.2) is 15.6 Å². The van der Waals surface area contributed by atoms with Crippen molar-refractivity contribution < 1.29 is 4.79 Å². The summed E-state index contributed by atoms with van der Waals surface area (Å²) in [6.45, 7) is 10.9. The topological polar surface area (TPSA) is 23.6 Å². The molecule has 3 nitrogen and oxygen atoms in total. The molecule has 0 radical (unpaired) electrons. The first-order chi connectivity index (χ1) is 19.5. The molecule has 0 aliphatic rings. The van der Waals surface area contributed by atoms with Crippen molar-refractivity contribution in [2.75, 3.05) is 0 Å². The van der Waals surface area contributed by atoms with E-state index in [-0.39, 0.29) is 5.78 Å². The van der Waals surface area contributed by atoms with Gasteiger partial charge in [-0.15, -0.1) is 0 Å². The summed E-state index contributed by atoms with van der Waals surface area (Å²) in [6, 6.07) is 41.6. The molecule has 0 spiro atoms. The SMILES string of the molecule is C=C(C)/C=C/N(Cc1ccccc1)Cc1ccccc1.CC(=O)/C=C/N(Cc1ccccc1)Cc1ccccc1. The first-order valence-electron chi connectivity index (χ1n) is 13.6. The van der Waals surface area contributed by atoms with Crippen LogP contribution in [0.1, 0.15) is 36.1 Å². The van der Waals surface area contributed by atoms with Crippen molar-refractivity contribution in [1.29, 1.82) is 0 Å². The molecular formula is C37H40N2O. The Hall–Kier alpha value is -4.63. The molecule has 204 valence electrons. The lowest BCUT2D eigenvalue weighted by Crippen LogP contribution is -2.16. The molecule has 0 N–H and O–H groups in total. The molecule has 4 aromatic rings. The van der Waals surface area contributed by atoms with Crippen LogP contribution in [0.3, 0.4) is 0 Å². The molecule has 0 aliphatic carbocycles. The highest BCUT2D eigenvalue weighted by Gasteiger charge is 2.04. The third-order valence-electron chi connectivity index (χ3n) is 6.00. The van der Waals surface area contributed by atoms with Crippen LogP contribution in [0.4, 0.5) is 0 Å². The summed E-state index contributed by atoms with van der Waals surface area (Å²) in [6.07, 6.45) is 7.68. The van der Waals surface area contributed by atoms with Gasteiger partial charge in [0.15, 0.2) is 5.78 Å². The van der Waals surface area contributed by atoms with Crippen molar-refractivity contribution in [3.05, 3.63) is 180 Å². The Bertz CT molecular complexity index is 1140. The predicted octanol–water partition coefficient (Wildman–Crippen LogP) is 8.57. The number of allylic oxidation sites excluding steroid dienone is 3. The van der Waals surface area contributed by atoms with E-state index in [4.69, 9.17) is 0 Å². The van der Waals surface area contributed by atoms with E-state index in [2.05, 4.69) is 114 Å². The molecule has 0 fully saturated rings. The van der Waals surface area contributed by atoms with Crippen molar-refractivity contribution >= 4 is 5.78 Å². The van der Waals surface area contributed by atoms with E-state index in [1.54, 1.807) is 13.0 Å². The lowest BCUT2D eigenvalue weighted by molar-refractivity contribution is -0.112. The number of ketones is 1. The Morgan fingerprint density at radius 3 is 1.05 bits per heavy atom. The monoisotopic (exact) mass is 528 g/mol. The standard InChI is InChI=1S/C19H21N.C18H19NO/c1-17(2)13-14-20(15-18-9-5-3-6-10-18)16-19-11-7-4-8-12-19;1-16(20)12-13-19(14-17-8-4-2-5-9-17)15-18-10-6-3-7-11-18/h3-14H,1,15-16H2,2H3;2-13H,14-15H2,1H3/b14-13+;13-12+. The molecule has 0 bridgehead atoms. The molecule has 0 atom stereocenters. The van der Waals surface area contributed by atoms with Crippen LogP contribution in [0.25, 0.3) is 0 Å². The van der Waals surface area contributed by atoms with Crippen LogP contribution in [-0.2, 0) is 31.0 Å². The summed E-state index contributed by atoms with van der Waals surface area (Å²) >= 11 is 0. The zero-order chi connectivity index (χ0) is 28.4. The molecule has 0 unspecified atom stereocenters. The number of carbonyl (C=O) groups excluding carboxylic acids is 1. The summed E-state index contributed by atoms with van der Waals surface area (Å²) < 4.78 is 0. The zero-order valence-corrected chi connectivity index (χ0v) is 23.7. The van der Waals surface area contributed by atoms with E-state index in [1.807, 2.05) is 49.5 Å². The Labute approximate surface area is 240 Å². The van der Waals surface area contributed by atoms with Crippen LogP contribution in [0.5, 0.6) is 0 Å². The molecule has 0 heterocycles. The molecule has 0 saturated carbocycles. The number of rotatable bonds is 12. The van der Waals surface area contributed by atoms with E-state index < -0.39 is 0 Å². The lowest BCUT2D eigenvalue weighted by atomic mass is 10.1. The molecule has 4 aromatic carbocycles. The van der Waals surface area contributed by atoms with Gasteiger partial charge in [0, 0.05) is 32.4 Å². The maximum atomic E-state index is 11.1. The summed E-state index contributed by atoms with van der Waals surface area (Å²) in [7, 11) is 0. The maximum absolute atomic E-state index is 11.1. The van der Waals surface area contributed by atoms with Gasteiger partial charge in [-0.2, -0.15) is 0 Å². The van der Waals surface area contributed by atoms with Gasteiger partial charge in [-0.05, 0) is 54.5 Å². The average Bonchev–Trinajstić information content (AvgIpc) is 2.97. The smallest absolute Gasteiger partial charge is 0.154 e. The average molecular weight is 529 g/mol.